The molecule has 1 heterocycles. The predicted octanol–water partition coefficient (Wildman–Crippen LogP) is 1.54. The number of rotatable bonds is 7. The fraction of sp³-hybridized carbons (Fsp3) is 0.467. The van der Waals surface area contributed by atoms with E-state index in [9.17, 15) is 8.42 Å². The molecule has 0 unspecified atom stereocenters. The Morgan fingerprint density at radius 2 is 2.22 bits per heavy atom. The van der Waals surface area contributed by atoms with Gasteiger partial charge in [-0.3, -0.25) is 5.10 Å². The minimum atomic E-state index is -3.48. The lowest BCUT2D eigenvalue weighted by atomic mass is 10.1. The van der Waals surface area contributed by atoms with Crippen molar-refractivity contribution in [3.8, 4) is 11.4 Å². The van der Waals surface area contributed by atoms with Crippen LogP contribution in [0.4, 0.5) is 0 Å². The smallest absolute Gasteiger partial charge is 0.259 e. The Hall–Kier alpha value is -1.77. The summed E-state index contributed by atoms with van der Waals surface area (Å²) >= 11 is 0. The van der Waals surface area contributed by atoms with Crippen molar-refractivity contribution >= 4 is 10.2 Å². The summed E-state index contributed by atoms with van der Waals surface area (Å²) in [5.41, 5.74) is 1.74. The van der Waals surface area contributed by atoms with Crippen molar-refractivity contribution in [1.82, 2.24) is 24.2 Å². The molecule has 7 nitrogen and oxygen atoms in total. The Kier molecular flexibility index (Phi) is 4.47. The molecular formula is C15H21N5O2S. The van der Waals surface area contributed by atoms with Crippen LogP contribution >= 0.6 is 0 Å². The van der Waals surface area contributed by atoms with Crippen molar-refractivity contribution in [3.63, 3.8) is 0 Å². The van der Waals surface area contributed by atoms with Gasteiger partial charge >= 0.3 is 0 Å². The molecule has 0 spiro atoms. The summed E-state index contributed by atoms with van der Waals surface area (Å²) in [7, 11) is -1.85. The first kappa shape index (κ1) is 16.1. The van der Waals surface area contributed by atoms with Crippen LogP contribution in [0.25, 0.3) is 11.4 Å². The molecule has 0 saturated heterocycles. The van der Waals surface area contributed by atoms with Crippen LogP contribution in [0.3, 0.4) is 0 Å². The molecule has 0 aliphatic heterocycles. The third-order valence-corrected chi connectivity index (χ3v) is 5.93. The van der Waals surface area contributed by atoms with Gasteiger partial charge in [-0.25, -0.2) is 4.98 Å². The first-order valence-electron chi connectivity index (χ1n) is 7.64. The summed E-state index contributed by atoms with van der Waals surface area (Å²) in [5, 5.41) is 6.62. The van der Waals surface area contributed by atoms with Crippen LogP contribution in [0.1, 0.15) is 25.3 Å². The standard InChI is InChI=1S/C15H21N5O2S/c1-11(13-6-7-13)20(2)23(21,22)18-9-12-4-3-5-14(8-12)15-16-10-17-19-15/h3-5,8,10-11,13,18H,6-7,9H2,1-2H3,(H,16,17,19)/t11-/m1/s1. The first-order valence-corrected chi connectivity index (χ1v) is 9.08. The maximum atomic E-state index is 12.4. The second-order valence-corrected chi connectivity index (χ2v) is 7.77. The van der Waals surface area contributed by atoms with Crippen LogP contribution in [0.5, 0.6) is 0 Å². The lowest BCUT2D eigenvalue weighted by molar-refractivity contribution is 0.351. The van der Waals surface area contributed by atoms with E-state index in [0.29, 0.717) is 11.7 Å². The van der Waals surface area contributed by atoms with Crippen molar-refractivity contribution in [3.05, 3.63) is 36.2 Å². The predicted molar refractivity (Wildman–Crippen MR) is 87.5 cm³/mol. The molecule has 1 aromatic heterocycles. The van der Waals surface area contributed by atoms with Gasteiger partial charge in [-0.15, -0.1) is 0 Å². The Bertz CT molecular complexity index is 756. The highest BCUT2D eigenvalue weighted by Gasteiger charge is 2.35. The molecule has 124 valence electrons. The monoisotopic (exact) mass is 335 g/mol. The molecule has 23 heavy (non-hydrogen) atoms. The average Bonchev–Trinajstić information content (AvgIpc) is 3.26. The minimum Gasteiger partial charge on any atom is -0.259 e. The van der Waals surface area contributed by atoms with Crippen molar-refractivity contribution in [2.45, 2.75) is 32.4 Å². The van der Waals surface area contributed by atoms with Crippen molar-refractivity contribution < 1.29 is 8.42 Å². The van der Waals surface area contributed by atoms with E-state index in [1.54, 1.807) is 7.05 Å². The minimum absolute atomic E-state index is 0.0352. The molecule has 0 radical (unpaired) electrons. The zero-order valence-corrected chi connectivity index (χ0v) is 14.0. The summed E-state index contributed by atoms with van der Waals surface area (Å²) in [6, 6.07) is 7.59. The van der Waals surface area contributed by atoms with Gasteiger partial charge in [-0.1, -0.05) is 18.2 Å². The van der Waals surface area contributed by atoms with Gasteiger partial charge in [0.05, 0.1) is 0 Å². The Labute approximate surface area is 136 Å². The Morgan fingerprint density at radius 1 is 1.43 bits per heavy atom. The zero-order valence-electron chi connectivity index (χ0n) is 13.2. The number of hydrogen-bond donors (Lipinski definition) is 2. The molecule has 1 fully saturated rings. The second kappa shape index (κ2) is 6.38. The lowest BCUT2D eigenvalue weighted by Crippen LogP contribution is -2.43. The van der Waals surface area contributed by atoms with E-state index >= 15 is 0 Å². The van der Waals surface area contributed by atoms with E-state index < -0.39 is 10.2 Å². The van der Waals surface area contributed by atoms with Crippen LogP contribution in [0.2, 0.25) is 0 Å². The van der Waals surface area contributed by atoms with Gasteiger partial charge in [0.1, 0.15) is 6.33 Å². The summed E-state index contributed by atoms with van der Waals surface area (Å²) < 4.78 is 28.9. The number of hydrogen-bond acceptors (Lipinski definition) is 4. The number of aromatic nitrogens is 3. The Morgan fingerprint density at radius 3 is 2.87 bits per heavy atom. The topological polar surface area (TPSA) is 91.0 Å². The zero-order chi connectivity index (χ0) is 16.4. The third kappa shape index (κ3) is 3.77. The highest BCUT2D eigenvalue weighted by molar-refractivity contribution is 7.87. The number of nitrogens with one attached hydrogen (secondary N) is 2. The van der Waals surface area contributed by atoms with Gasteiger partial charge < -0.3 is 0 Å². The normalized spacial score (nSPS) is 16.7. The van der Waals surface area contributed by atoms with Gasteiger partial charge in [0.2, 0.25) is 0 Å². The van der Waals surface area contributed by atoms with E-state index in [2.05, 4.69) is 19.9 Å². The molecule has 1 aromatic carbocycles. The molecule has 0 bridgehead atoms. The molecule has 1 aliphatic rings. The molecule has 0 amide bonds. The second-order valence-electron chi connectivity index (χ2n) is 5.95. The quantitative estimate of drug-likeness (QED) is 0.803. The summed E-state index contributed by atoms with van der Waals surface area (Å²) in [5.74, 6) is 1.15. The third-order valence-electron chi connectivity index (χ3n) is 4.33. The summed E-state index contributed by atoms with van der Waals surface area (Å²) in [4.78, 5) is 4.10. The number of nitrogens with zero attached hydrogens (tertiary/aromatic N) is 3. The molecule has 1 aliphatic carbocycles. The van der Waals surface area contributed by atoms with Crippen molar-refractivity contribution in [1.29, 1.82) is 0 Å². The molecule has 1 atom stereocenters. The van der Waals surface area contributed by atoms with E-state index in [-0.39, 0.29) is 12.6 Å². The fourth-order valence-corrected chi connectivity index (χ4v) is 3.71. The molecular weight excluding hydrogens is 314 g/mol. The molecule has 1 saturated carbocycles. The Balaban J connectivity index is 1.66. The lowest BCUT2D eigenvalue weighted by Gasteiger charge is -2.24. The van der Waals surface area contributed by atoms with E-state index in [4.69, 9.17) is 0 Å². The largest absolute Gasteiger partial charge is 0.279 e. The van der Waals surface area contributed by atoms with Crippen LogP contribution in [0.15, 0.2) is 30.6 Å². The van der Waals surface area contributed by atoms with Gasteiger partial charge in [0.25, 0.3) is 10.2 Å². The summed E-state index contributed by atoms with van der Waals surface area (Å²) in [6.07, 6.45) is 3.67. The number of aromatic amines is 1. The van der Waals surface area contributed by atoms with Crippen LogP contribution < -0.4 is 4.72 Å². The molecule has 8 heteroatoms. The highest BCUT2D eigenvalue weighted by Crippen LogP contribution is 2.35. The average molecular weight is 335 g/mol. The van der Waals surface area contributed by atoms with Gasteiger partial charge in [-0.05, 0) is 37.3 Å². The van der Waals surface area contributed by atoms with Crippen molar-refractivity contribution in [2.24, 2.45) is 5.92 Å². The number of benzene rings is 1. The molecule has 2 aromatic rings. The van der Waals surface area contributed by atoms with Crippen LogP contribution in [-0.4, -0.2) is 41.0 Å². The first-order chi connectivity index (χ1) is 11.0. The van der Waals surface area contributed by atoms with E-state index in [1.807, 2.05) is 31.2 Å². The van der Waals surface area contributed by atoms with E-state index in [0.717, 1.165) is 24.0 Å². The van der Waals surface area contributed by atoms with Crippen LogP contribution in [0, 0.1) is 5.92 Å². The number of H-pyrrole nitrogens is 1. The maximum Gasteiger partial charge on any atom is 0.279 e. The molecule has 3 rings (SSSR count). The molecule has 2 N–H and O–H groups in total. The van der Waals surface area contributed by atoms with Crippen molar-refractivity contribution in [2.75, 3.05) is 7.05 Å². The fourth-order valence-electron chi connectivity index (χ4n) is 2.54. The highest BCUT2D eigenvalue weighted by atomic mass is 32.2. The SMILES string of the molecule is C[C@H](C1CC1)N(C)S(=O)(=O)NCc1cccc(-c2ncn[nH]2)c1. The van der Waals surface area contributed by atoms with E-state index in [1.165, 1.54) is 10.6 Å². The summed E-state index contributed by atoms with van der Waals surface area (Å²) in [6.45, 7) is 2.20. The van der Waals surface area contributed by atoms with Gasteiger partial charge in [-0.2, -0.15) is 22.5 Å². The van der Waals surface area contributed by atoms with Gasteiger partial charge in [0, 0.05) is 25.2 Å². The van der Waals surface area contributed by atoms with Gasteiger partial charge in [0.15, 0.2) is 5.82 Å². The maximum absolute atomic E-state index is 12.4. The van der Waals surface area contributed by atoms with Crippen LogP contribution in [-0.2, 0) is 16.8 Å².